The van der Waals surface area contributed by atoms with Crippen LogP contribution in [0, 0.1) is 29.1 Å². The van der Waals surface area contributed by atoms with Crippen LogP contribution in [0.1, 0.15) is 0 Å². The van der Waals surface area contributed by atoms with Gasteiger partial charge in [-0.3, -0.25) is 0 Å². The normalized spacial score (nSPS) is 11.8. The Morgan fingerprint density at radius 2 is 1.00 bits per heavy atom. The Bertz CT molecular complexity index is 498. The van der Waals surface area contributed by atoms with Crippen molar-refractivity contribution in [3.8, 4) is 0 Å². The predicted octanol–water partition coefficient (Wildman–Crippen LogP) is 0.704. The highest BCUT2D eigenvalue weighted by atomic mass is 32.2. The molecule has 0 heterocycles. The topological polar surface area (TPSA) is 34.1 Å². The van der Waals surface area contributed by atoms with E-state index in [0.29, 0.717) is 7.12 Å². The molecule has 9 heteroatoms. The van der Waals surface area contributed by atoms with Crippen molar-refractivity contribution in [1.82, 2.24) is 0 Å². The Labute approximate surface area is 81.9 Å². The average molecular weight is 244 g/mol. The molecule has 0 aromatic heterocycles. The molecule has 0 atom stereocenters. The number of hydrogen-bond donors (Lipinski definition) is 0. The van der Waals surface area contributed by atoms with Gasteiger partial charge in [-0.2, -0.15) is 0 Å². The Balaban J connectivity index is 3.84. The lowest BCUT2D eigenvalue weighted by Crippen LogP contribution is -2.12. The van der Waals surface area contributed by atoms with E-state index in [0.717, 1.165) is 0 Å². The second kappa shape index (κ2) is 3.48. The molecule has 2 nitrogen and oxygen atoms in total. The van der Waals surface area contributed by atoms with E-state index in [1.165, 1.54) is 0 Å². The average Bonchev–Trinajstić information content (AvgIpc) is 2.09. The van der Waals surface area contributed by atoms with E-state index < -0.39 is 43.7 Å². The van der Waals surface area contributed by atoms with Crippen molar-refractivity contribution in [2.45, 2.75) is 4.90 Å². The third kappa shape index (κ3) is 1.83. The monoisotopic (exact) mass is 244 g/mol. The molecule has 0 radical (unpaired) electrons. The molecule has 1 aromatic rings. The number of hydrogen-bond acceptors (Lipinski definition) is 2. The van der Waals surface area contributed by atoms with E-state index in [9.17, 15) is 30.4 Å². The molecule has 1 aromatic carbocycles. The van der Waals surface area contributed by atoms with Crippen LogP contribution in [0.25, 0.3) is 0 Å². The minimum Gasteiger partial charge on any atom is -0.237 e. The van der Waals surface area contributed by atoms with Gasteiger partial charge in [-0.25, -0.2) is 30.4 Å². The van der Waals surface area contributed by atoms with Crippen molar-refractivity contribution in [2.24, 2.45) is 0 Å². The highest BCUT2D eigenvalue weighted by Crippen LogP contribution is 2.25. The van der Waals surface area contributed by atoms with Crippen molar-refractivity contribution in [1.29, 1.82) is 0 Å². The fourth-order valence-corrected chi connectivity index (χ4v) is 1.74. The van der Waals surface area contributed by atoms with E-state index in [-0.39, 0.29) is 0 Å². The van der Waals surface area contributed by atoms with Crippen LogP contribution in [0.4, 0.5) is 22.0 Å². The van der Waals surface area contributed by atoms with Gasteiger partial charge in [0.25, 0.3) is 7.12 Å². The molecule has 0 saturated carbocycles. The number of benzene rings is 1. The van der Waals surface area contributed by atoms with Crippen LogP contribution in [0.5, 0.6) is 0 Å². The Morgan fingerprint density at radius 1 is 0.733 bits per heavy atom. The molecule has 0 amide bonds. The van der Waals surface area contributed by atoms with Gasteiger partial charge >= 0.3 is 0 Å². The predicted molar refractivity (Wildman–Crippen MR) is 42.0 cm³/mol. The summed E-state index contributed by atoms with van der Waals surface area (Å²) in [6.45, 7) is 0. The second-order valence-electron chi connectivity index (χ2n) is 2.67. The minimum absolute atomic E-state index is 0.339. The van der Waals surface area contributed by atoms with Crippen LogP contribution in [0.15, 0.2) is 4.90 Å². The fraction of sp³-hybridized carbons (Fsp3) is 0. The number of halogens is 5. The molecule has 0 bridgehead atoms. The van der Waals surface area contributed by atoms with Gasteiger partial charge < -0.3 is 0 Å². The van der Waals surface area contributed by atoms with E-state index in [2.05, 4.69) is 0 Å². The first kappa shape index (κ1) is 12.0. The smallest absolute Gasteiger partial charge is 0.237 e. The molecule has 15 heavy (non-hydrogen) atoms. The summed E-state index contributed by atoms with van der Waals surface area (Å²) in [5.41, 5.74) is 0. The number of rotatable bonds is 1. The highest BCUT2D eigenvalue weighted by molar-refractivity contribution is 8.12. The molecular weight excluding hydrogens is 242 g/mol. The van der Waals surface area contributed by atoms with Gasteiger partial charge in [0.1, 0.15) is 14.6 Å². The van der Waals surface area contributed by atoms with Crippen LogP contribution in [-0.4, -0.2) is 15.5 Å². The van der Waals surface area contributed by atoms with E-state index in [4.69, 9.17) is 0 Å². The Hall–Kier alpha value is -1.12. The zero-order chi connectivity index (χ0) is 12.0. The van der Waals surface area contributed by atoms with Crippen LogP contribution in [-0.2, 0) is 9.69 Å². The largest absolute Gasteiger partial charge is 0.262 e. The SMILES string of the molecule is BS(=O)(=O)c1c(F)c(F)c(F)c(F)c1F. The van der Waals surface area contributed by atoms with E-state index in [1.807, 2.05) is 0 Å². The molecule has 0 aliphatic heterocycles. The molecule has 0 unspecified atom stereocenters. The third-order valence-corrected chi connectivity index (χ3v) is 2.64. The van der Waals surface area contributed by atoms with Crippen molar-refractivity contribution >= 4 is 16.8 Å². The lowest BCUT2D eigenvalue weighted by molar-refractivity contribution is 0.358. The standard InChI is InChI=1S/C6H2BF5O2S/c7-15(13,14)6-4(11)2(9)1(8)3(10)5(6)12/h7H2. The quantitative estimate of drug-likeness (QED) is 0.315. The van der Waals surface area contributed by atoms with Crippen molar-refractivity contribution in [3.05, 3.63) is 29.1 Å². The molecule has 0 N–H and O–H groups in total. The van der Waals surface area contributed by atoms with Gasteiger partial charge in [-0.1, -0.05) is 0 Å². The van der Waals surface area contributed by atoms with Crippen LogP contribution in [0.2, 0.25) is 0 Å². The highest BCUT2D eigenvalue weighted by Gasteiger charge is 2.30. The minimum atomic E-state index is -4.52. The first-order valence-electron chi connectivity index (χ1n) is 3.39. The molecule has 82 valence electrons. The zero-order valence-electron chi connectivity index (χ0n) is 7.11. The lowest BCUT2D eigenvalue weighted by Gasteiger charge is -2.05. The van der Waals surface area contributed by atoms with E-state index in [1.54, 1.807) is 0 Å². The van der Waals surface area contributed by atoms with Crippen LogP contribution in [0.3, 0.4) is 0 Å². The lowest BCUT2D eigenvalue weighted by atomic mass is 10.3. The summed E-state index contributed by atoms with van der Waals surface area (Å²) >= 11 is 0. The Kier molecular flexibility index (Phi) is 2.77. The first-order valence-corrected chi connectivity index (χ1v) is 5.28. The van der Waals surface area contributed by atoms with Gasteiger partial charge in [0.15, 0.2) is 23.3 Å². The molecule has 0 spiro atoms. The maximum absolute atomic E-state index is 12.8. The summed E-state index contributed by atoms with van der Waals surface area (Å²) in [5.74, 6) is -11.7. The summed E-state index contributed by atoms with van der Waals surface area (Å²) < 4.78 is 84.6. The molecule has 1 rings (SSSR count). The summed E-state index contributed by atoms with van der Waals surface area (Å²) in [4.78, 5) is -1.82. The molecular formula is C6H2BF5O2S. The molecule has 0 aliphatic rings. The zero-order valence-corrected chi connectivity index (χ0v) is 7.93. The van der Waals surface area contributed by atoms with Gasteiger partial charge in [0.05, 0.1) is 0 Å². The first-order chi connectivity index (χ1) is 6.68. The Morgan fingerprint density at radius 3 is 1.27 bits per heavy atom. The summed E-state index contributed by atoms with van der Waals surface area (Å²) in [5, 5.41) is 0. The van der Waals surface area contributed by atoms with Crippen molar-refractivity contribution in [2.75, 3.05) is 0 Å². The van der Waals surface area contributed by atoms with Crippen LogP contribution < -0.4 is 0 Å². The fourth-order valence-electron chi connectivity index (χ4n) is 0.910. The van der Waals surface area contributed by atoms with Crippen LogP contribution >= 0.6 is 0 Å². The molecule has 0 saturated heterocycles. The summed E-state index contributed by atoms with van der Waals surface area (Å²) in [6.07, 6.45) is 0. The molecule has 0 aliphatic carbocycles. The maximum Gasteiger partial charge on any atom is 0.262 e. The van der Waals surface area contributed by atoms with Crippen molar-refractivity contribution in [3.63, 3.8) is 0 Å². The molecule has 0 fully saturated rings. The van der Waals surface area contributed by atoms with Gasteiger partial charge in [-0.05, 0) is 0 Å². The van der Waals surface area contributed by atoms with Gasteiger partial charge in [-0.15, -0.1) is 0 Å². The third-order valence-electron chi connectivity index (χ3n) is 1.54. The van der Waals surface area contributed by atoms with Gasteiger partial charge in [0, 0.05) is 0 Å². The van der Waals surface area contributed by atoms with E-state index >= 15 is 0 Å². The van der Waals surface area contributed by atoms with Crippen molar-refractivity contribution < 1.29 is 30.4 Å². The van der Waals surface area contributed by atoms with Gasteiger partial charge in [0.2, 0.25) is 5.82 Å². The summed E-state index contributed by atoms with van der Waals surface area (Å²) in [6, 6.07) is 0. The second-order valence-corrected chi connectivity index (χ2v) is 4.62. The summed E-state index contributed by atoms with van der Waals surface area (Å²) in [7, 11) is -4.18. The maximum atomic E-state index is 12.8.